The summed E-state index contributed by atoms with van der Waals surface area (Å²) in [5, 5.41) is 5.02. The van der Waals surface area contributed by atoms with Gasteiger partial charge in [-0.1, -0.05) is 19.8 Å². The summed E-state index contributed by atoms with van der Waals surface area (Å²) in [6.45, 7) is 4.01. The Morgan fingerprint density at radius 3 is 2.92 bits per heavy atom. The number of fused-ring (bicyclic) bond motifs is 1. The third kappa shape index (κ3) is 6.07. The van der Waals surface area contributed by atoms with Crippen molar-refractivity contribution in [3.8, 4) is 0 Å². The molecule has 1 aromatic rings. The Hall–Kier alpha value is -1.11. The van der Waals surface area contributed by atoms with E-state index in [1.165, 1.54) is 10.4 Å². The van der Waals surface area contributed by atoms with Crippen LogP contribution in [0.15, 0.2) is 11.4 Å². The first kappa shape index (κ1) is 20.9. The summed E-state index contributed by atoms with van der Waals surface area (Å²) in [6, 6.07) is 2.12. The van der Waals surface area contributed by atoms with Crippen molar-refractivity contribution < 1.29 is 9.59 Å². The first-order valence-electron chi connectivity index (χ1n) is 8.46. The minimum absolute atomic E-state index is 0. The van der Waals surface area contributed by atoms with Gasteiger partial charge in [-0.3, -0.25) is 9.59 Å². The summed E-state index contributed by atoms with van der Waals surface area (Å²) in [4.78, 5) is 27.5. The molecule has 0 bridgehead atoms. The van der Waals surface area contributed by atoms with Crippen molar-refractivity contribution in [3.05, 3.63) is 21.9 Å². The zero-order chi connectivity index (χ0) is 16.7. The zero-order valence-electron chi connectivity index (χ0n) is 14.3. The fourth-order valence-electron chi connectivity index (χ4n) is 2.84. The quantitative estimate of drug-likeness (QED) is 0.735. The smallest absolute Gasteiger partial charge is 0.223 e. The predicted octanol–water partition coefficient (Wildman–Crippen LogP) is 2.47. The molecule has 24 heavy (non-hydrogen) atoms. The highest BCUT2D eigenvalue weighted by molar-refractivity contribution is 7.10. The first-order valence-corrected chi connectivity index (χ1v) is 9.34. The standard InChI is InChI=1S/C17H27N3O2S.ClH/c1-2-3-4-14(11-18)19-16(21)5-6-17(22)20-9-7-15-13(12-20)8-10-23-15;/h8,10,14H,2-7,9,11-12,18H2,1H3,(H,19,21);1H. The van der Waals surface area contributed by atoms with Crippen molar-refractivity contribution in [2.45, 2.75) is 58.0 Å². The average molecular weight is 374 g/mol. The predicted molar refractivity (Wildman–Crippen MR) is 100 cm³/mol. The van der Waals surface area contributed by atoms with Gasteiger partial charge in [0.15, 0.2) is 0 Å². The molecule has 0 fully saturated rings. The number of nitrogens with zero attached hydrogens (tertiary/aromatic N) is 1. The van der Waals surface area contributed by atoms with E-state index in [-0.39, 0.29) is 43.1 Å². The fraction of sp³-hybridized carbons (Fsp3) is 0.647. The van der Waals surface area contributed by atoms with Gasteiger partial charge in [0, 0.05) is 43.4 Å². The number of carbonyl (C=O) groups is 2. The van der Waals surface area contributed by atoms with Crippen molar-refractivity contribution >= 4 is 35.6 Å². The maximum Gasteiger partial charge on any atom is 0.223 e. The molecule has 3 N–H and O–H groups in total. The Balaban J connectivity index is 0.00000288. The second-order valence-electron chi connectivity index (χ2n) is 6.08. The minimum Gasteiger partial charge on any atom is -0.352 e. The van der Waals surface area contributed by atoms with E-state index in [9.17, 15) is 9.59 Å². The molecule has 5 nitrogen and oxygen atoms in total. The van der Waals surface area contributed by atoms with Gasteiger partial charge in [0.2, 0.25) is 11.8 Å². The Bertz CT molecular complexity index is 536. The lowest BCUT2D eigenvalue weighted by molar-refractivity contribution is -0.134. The SMILES string of the molecule is CCCCC(CN)NC(=O)CCC(=O)N1CCc2sccc2C1.Cl. The molecule has 0 radical (unpaired) electrons. The lowest BCUT2D eigenvalue weighted by Gasteiger charge is -2.27. The van der Waals surface area contributed by atoms with Crippen LogP contribution in [-0.4, -0.2) is 35.8 Å². The van der Waals surface area contributed by atoms with Crippen molar-refractivity contribution in [2.75, 3.05) is 13.1 Å². The highest BCUT2D eigenvalue weighted by Gasteiger charge is 2.22. The van der Waals surface area contributed by atoms with Gasteiger partial charge in [-0.05, 0) is 29.9 Å². The van der Waals surface area contributed by atoms with E-state index in [1.54, 1.807) is 11.3 Å². The average Bonchev–Trinajstić information content (AvgIpc) is 3.03. The third-order valence-corrected chi connectivity index (χ3v) is 5.31. The molecule has 7 heteroatoms. The summed E-state index contributed by atoms with van der Waals surface area (Å²) >= 11 is 1.76. The molecule has 1 aromatic heterocycles. The van der Waals surface area contributed by atoms with Gasteiger partial charge in [-0.2, -0.15) is 0 Å². The summed E-state index contributed by atoms with van der Waals surface area (Å²) in [6.07, 6.45) is 4.49. The minimum atomic E-state index is -0.0712. The van der Waals surface area contributed by atoms with Gasteiger partial charge in [0.1, 0.15) is 0 Å². The van der Waals surface area contributed by atoms with Gasteiger partial charge in [0.25, 0.3) is 0 Å². The second kappa shape index (κ2) is 10.7. The molecule has 0 aliphatic carbocycles. The summed E-state index contributed by atoms with van der Waals surface area (Å²) in [7, 11) is 0. The monoisotopic (exact) mass is 373 g/mol. The van der Waals surface area contributed by atoms with Crippen LogP contribution >= 0.6 is 23.7 Å². The highest BCUT2D eigenvalue weighted by Crippen LogP contribution is 2.24. The number of rotatable bonds is 8. The van der Waals surface area contributed by atoms with Gasteiger partial charge in [-0.25, -0.2) is 0 Å². The van der Waals surface area contributed by atoms with Crippen molar-refractivity contribution in [2.24, 2.45) is 5.73 Å². The normalized spacial score (nSPS) is 14.5. The number of hydrogen-bond acceptors (Lipinski definition) is 4. The molecule has 1 unspecified atom stereocenters. The number of amides is 2. The van der Waals surface area contributed by atoms with Crippen LogP contribution in [0.4, 0.5) is 0 Å². The van der Waals surface area contributed by atoms with Crippen LogP contribution in [0.5, 0.6) is 0 Å². The van der Waals surface area contributed by atoms with Crippen molar-refractivity contribution in [1.29, 1.82) is 0 Å². The summed E-state index contributed by atoms with van der Waals surface area (Å²) in [5.41, 5.74) is 6.93. The first-order chi connectivity index (χ1) is 11.1. The van der Waals surface area contributed by atoms with Gasteiger partial charge in [0.05, 0.1) is 0 Å². The van der Waals surface area contributed by atoms with Crippen LogP contribution in [0, 0.1) is 0 Å². The molecule has 0 spiro atoms. The second-order valence-corrected chi connectivity index (χ2v) is 7.08. The van der Waals surface area contributed by atoms with E-state index in [0.29, 0.717) is 13.1 Å². The van der Waals surface area contributed by atoms with Gasteiger partial charge in [-0.15, -0.1) is 23.7 Å². The third-order valence-electron chi connectivity index (χ3n) is 4.28. The molecule has 2 rings (SSSR count). The van der Waals surface area contributed by atoms with Crippen LogP contribution in [-0.2, 0) is 22.6 Å². The number of halogens is 1. The molecule has 1 aliphatic heterocycles. The highest BCUT2D eigenvalue weighted by atomic mass is 35.5. The number of nitrogens with two attached hydrogens (primary N) is 1. The summed E-state index contributed by atoms with van der Waals surface area (Å²) in [5.74, 6) is -0.00649. The zero-order valence-corrected chi connectivity index (χ0v) is 15.9. The molecule has 1 atom stereocenters. The molecule has 0 aromatic carbocycles. The van der Waals surface area contributed by atoms with E-state index < -0.39 is 0 Å². The largest absolute Gasteiger partial charge is 0.352 e. The Morgan fingerprint density at radius 1 is 1.42 bits per heavy atom. The molecule has 2 heterocycles. The maximum absolute atomic E-state index is 12.3. The van der Waals surface area contributed by atoms with E-state index >= 15 is 0 Å². The Kier molecular flexibility index (Phi) is 9.33. The molecular weight excluding hydrogens is 346 g/mol. The lowest BCUT2D eigenvalue weighted by atomic mass is 10.1. The van der Waals surface area contributed by atoms with E-state index in [4.69, 9.17) is 5.73 Å². The fourth-order valence-corrected chi connectivity index (χ4v) is 3.73. The molecule has 2 amide bonds. The number of hydrogen-bond donors (Lipinski definition) is 2. The maximum atomic E-state index is 12.3. The molecule has 0 saturated carbocycles. The van der Waals surface area contributed by atoms with Crippen molar-refractivity contribution in [1.82, 2.24) is 10.2 Å². The van der Waals surface area contributed by atoms with Gasteiger partial charge < -0.3 is 16.0 Å². The number of thiophene rings is 1. The number of carbonyl (C=O) groups excluding carboxylic acids is 2. The van der Waals surface area contributed by atoms with Crippen LogP contribution in [0.25, 0.3) is 0 Å². The van der Waals surface area contributed by atoms with E-state index in [2.05, 4.69) is 23.7 Å². The Morgan fingerprint density at radius 2 is 2.21 bits per heavy atom. The lowest BCUT2D eigenvalue weighted by Crippen LogP contribution is -2.41. The van der Waals surface area contributed by atoms with Gasteiger partial charge >= 0.3 is 0 Å². The molecule has 1 aliphatic rings. The molecule has 0 saturated heterocycles. The van der Waals surface area contributed by atoms with Crippen LogP contribution < -0.4 is 11.1 Å². The van der Waals surface area contributed by atoms with E-state index in [1.807, 2.05) is 4.90 Å². The van der Waals surface area contributed by atoms with Crippen LogP contribution in [0.3, 0.4) is 0 Å². The topological polar surface area (TPSA) is 75.4 Å². The number of unbranched alkanes of at least 4 members (excludes halogenated alkanes) is 1. The van der Waals surface area contributed by atoms with Crippen LogP contribution in [0.2, 0.25) is 0 Å². The van der Waals surface area contributed by atoms with Crippen molar-refractivity contribution in [3.63, 3.8) is 0 Å². The Labute approximate surface area is 154 Å². The van der Waals surface area contributed by atoms with Crippen LogP contribution in [0.1, 0.15) is 49.5 Å². The summed E-state index contributed by atoms with van der Waals surface area (Å²) < 4.78 is 0. The molecule has 136 valence electrons. The van der Waals surface area contributed by atoms with E-state index in [0.717, 1.165) is 32.2 Å². The number of nitrogens with one attached hydrogen (secondary N) is 1. The molecular formula is C17H28ClN3O2S.